The molecule has 0 saturated carbocycles. The Labute approximate surface area is 125 Å². The first kappa shape index (κ1) is 15.2. The number of nitrogens with one attached hydrogen (secondary N) is 1. The van der Waals surface area contributed by atoms with Crippen LogP contribution in [-0.4, -0.2) is 11.5 Å². The van der Waals surface area contributed by atoms with E-state index in [9.17, 15) is 10.1 Å². The van der Waals surface area contributed by atoms with Crippen molar-refractivity contribution in [3.05, 3.63) is 75.8 Å². The maximum Gasteiger partial charge on any atom is 0.274 e. The molecule has 2 atom stereocenters. The molecule has 0 saturated heterocycles. The monoisotopic (exact) mass is 284 g/mol. The quantitative estimate of drug-likeness (QED) is 0.643. The second-order valence-corrected chi connectivity index (χ2v) is 5.26. The summed E-state index contributed by atoms with van der Waals surface area (Å²) in [7, 11) is 0. The Morgan fingerprint density at radius 1 is 1.05 bits per heavy atom. The van der Waals surface area contributed by atoms with Crippen LogP contribution in [0, 0.1) is 10.1 Å². The van der Waals surface area contributed by atoms with Gasteiger partial charge < -0.3 is 5.32 Å². The fraction of sp³-hybridized carbons (Fsp3) is 0.294. The Hall–Kier alpha value is -2.20. The van der Waals surface area contributed by atoms with Crippen molar-refractivity contribution < 1.29 is 4.92 Å². The van der Waals surface area contributed by atoms with Crippen LogP contribution in [-0.2, 0) is 0 Å². The van der Waals surface area contributed by atoms with Gasteiger partial charge in [0.25, 0.3) is 5.69 Å². The number of nitro groups is 1. The Balaban J connectivity index is 2.02. The summed E-state index contributed by atoms with van der Waals surface area (Å²) in [6.45, 7) is 4.88. The normalized spacial score (nSPS) is 13.6. The van der Waals surface area contributed by atoms with Crippen LogP contribution in [0.3, 0.4) is 0 Å². The summed E-state index contributed by atoms with van der Waals surface area (Å²) < 4.78 is 0. The van der Waals surface area contributed by atoms with Crippen molar-refractivity contribution in [2.24, 2.45) is 0 Å². The van der Waals surface area contributed by atoms with Gasteiger partial charge >= 0.3 is 0 Å². The van der Waals surface area contributed by atoms with E-state index in [1.165, 1.54) is 5.56 Å². The highest BCUT2D eigenvalue weighted by molar-refractivity contribution is 5.41. The largest absolute Gasteiger partial charge is 0.309 e. The van der Waals surface area contributed by atoms with Crippen molar-refractivity contribution in [1.82, 2.24) is 5.32 Å². The molecule has 0 heterocycles. The van der Waals surface area contributed by atoms with Gasteiger partial charge in [-0.25, -0.2) is 0 Å². The van der Waals surface area contributed by atoms with Gasteiger partial charge in [-0.2, -0.15) is 0 Å². The lowest BCUT2D eigenvalue weighted by Gasteiger charge is -2.18. The van der Waals surface area contributed by atoms with Crippen molar-refractivity contribution in [3.8, 4) is 0 Å². The first-order valence-electron chi connectivity index (χ1n) is 7.11. The van der Waals surface area contributed by atoms with Crippen molar-refractivity contribution in [2.75, 3.05) is 6.54 Å². The standard InChI is InChI=1S/C17H20N2O2/c1-13(15-8-4-3-5-9-15)12-18-14(2)16-10-6-7-11-17(16)19(20)21/h3-11,13-14,18H,12H2,1-2H3. The van der Waals surface area contributed by atoms with Crippen LogP contribution in [0.5, 0.6) is 0 Å². The molecule has 0 bridgehead atoms. The van der Waals surface area contributed by atoms with Gasteiger partial charge in [-0.05, 0) is 18.4 Å². The SMILES string of the molecule is CC(CNC(C)c1ccccc1[N+](=O)[O-])c1ccccc1. The van der Waals surface area contributed by atoms with Crippen LogP contribution < -0.4 is 5.32 Å². The highest BCUT2D eigenvalue weighted by Crippen LogP contribution is 2.25. The zero-order valence-corrected chi connectivity index (χ0v) is 12.3. The lowest BCUT2D eigenvalue weighted by Crippen LogP contribution is -2.24. The number of benzene rings is 2. The maximum absolute atomic E-state index is 11.1. The minimum absolute atomic E-state index is 0.0576. The van der Waals surface area contributed by atoms with Crippen molar-refractivity contribution in [2.45, 2.75) is 25.8 Å². The summed E-state index contributed by atoms with van der Waals surface area (Å²) in [6, 6.07) is 17.1. The van der Waals surface area contributed by atoms with Gasteiger partial charge in [0.15, 0.2) is 0 Å². The molecule has 4 nitrogen and oxygen atoms in total. The van der Waals surface area contributed by atoms with E-state index in [0.717, 1.165) is 12.1 Å². The van der Waals surface area contributed by atoms with E-state index in [2.05, 4.69) is 24.4 Å². The molecule has 0 spiro atoms. The highest BCUT2D eigenvalue weighted by Gasteiger charge is 2.18. The fourth-order valence-electron chi connectivity index (χ4n) is 2.38. The Morgan fingerprint density at radius 2 is 1.67 bits per heavy atom. The maximum atomic E-state index is 11.1. The number of hydrogen-bond donors (Lipinski definition) is 1. The number of para-hydroxylation sites is 1. The highest BCUT2D eigenvalue weighted by atomic mass is 16.6. The van der Waals surface area contributed by atoms with Crippen LogP contribution in [0.25, 0.3) is 0 Å². The molecule has 110 valence electrons. The van der Waals surface area contributed by atoms with E-state index in [1.807, 2.05) is 37.3 Å². The number of rotatable bonds is 6. The molecule has 21 heavy (non-hydrogen) atoms. The van der Waals surface area contributed by atoms with Gasteiger partial charge in [0.2, 0.25) is 0 Å². The first-order valence-corrected chi connectivity index (χ1v) is 7.11. The van der Waals surface area contributed by atoms with Gasteiger partial charge in [0.1, 0.15) is 0 Å². The molecule has 0 aliphatic carbocycles. The molecule has 1 N–H and O–H groups in total. The Morgan fingerprint density at radius 3 is 2.33 bits per heavy atom. The van der Waals surface area contributed by atoms with Crippen LogP contribution >= 0.6 is 0 Å². The third-order valence-corrected chi connectivity index (χ3v) is 3.70. The molecule has 2 aromatic carbocycles. The molecule has 2 rings (SSSR count). The predicted octanol–water partition coefficient (Wildman–Crippen LogP) is 4.05. The van der Waals surface area contributed by atoms with Gasteiger partial charge in [-0.3, -0.25) is 10.1 Å². The summed E-state index contributed by atoms with van der Waals surface area (Å²) in [6.07, 6.45) is 0. The molecule has 0 aliphatic rings. The molecular weight excluding hydrogens is 264 g/mol. The van der Waals surface area contributed by atoms with Crippen molar-refractivity contribution >= 4 is 5.69 Å². The second-order valence-electron chi connectivity index (χ2n) is 5.26. The first-order chi connectivity index (χ1) is 10.1. The van der Waals surface area contributed by atoms with E-state index in [-0.39, 0.29) is 16.7 Å². The molecule has 2 unspecified atom stereocenters. The van der Waals surface area contributed by atoms with Gasteiger partial charge in [-0.1, -0.05) is 55.5 Å². The molecule has 0 aromatic heterocycles. The lowest BCUT2D eigenvalue weighted by molar-refractivity contribution is -0.385. The Kier molecular flexibility index (Phi) is 5.06. The fourth-order valence-corrected chi connectivity index (χ4v) is 2.38. The van der Waals surface area contributed by atoms with Gasteiger partial charge in [-0.15, -0.1) is 0 Å². The van der Waals surface area contributed by atoms with Crippen LogP contribution in [0.15, 0.2) is 54.6 Å². The van der Waals surface area contributed by atoms with E-state index >= 15 is 0 Å². The molecule has 0 amide bonds. The number of nitro benzene ring substituents is 1. The molecule has 0 radical (unpaired) electrons. The lowest BCUT2D eigenvalue weighted by atomic mass is 10.00. The minimum Gasteiger partial charge on any atom is -0.309 e. The number of hydrogen-bond acceptors (Lipinski definition) is 3. The summed E-state index contributed by atoms with van der Waals surface area (Å²) in [5.74, 6) is 0.358. The van der Waals surface area contributed by atoms with Gasteiger partial charge in [0.05, 0.1) is 4.92 Å². The molecule has 0 aliphatic heterocycles. The summed E-state index contributed by atoms with van der Waals surface area (Å²) in [4.78, 5) is 10.7. The topological polar surface area (TPSA) is 55.2 Å². The average Bonchev–Trinajstić information content (AvgIpc) is 2.53. The van der Waals surface area contributed by atoms with Crippen LogP contribution in [0.2, 0.25) is 0 Å². The van der Waals surface area contributed by atoms with E-state index < -0.39 is 0 Å². The van der Waals surface area contributed by atoms with Gasteiger partial charge in [0, 0.05) is 24.2 Å². The molecule has 2 aromatic rings. The number of nitrogens with zero attached hydrogens (tertiary/aromatic N) is 1. The van der Waals surface area contributed by atoms with E-state index in [4.69, 9.17) is 0 Å². The van der Waals surface area contributed by atoms with Crippen molar-refractivity contribution in [3.63, 3.8) is 0 Å². The van der Waals surface area contributed by atoms with E-state index in [1.54, 1.807) is 12.1 Å². The minimum atomic E-state index is -0.325. The van der Waals surface area contributed by atoms with Crippen LogP contribution in [0.1, 0.15) is 36.9 Å². The third kappa shape index (κ3) is 3.89. The third-order valence-electron chi connectivity index (χ3n) is 3.70. The average molecular weight is 284 g/mol. The summed E-state index contributed by atoms with van der Waals surface area (Å²) >= 11 is 0. The molecule has 0 fully saturated rings. The second kappa shape index (κ2) is 6.99. The summed E-state index contributed by atoms with van der Waals surface area (Å²) in [5.41, 5.74) is 2.16. The summed E-state index contributed by atoms with van der Waals surface area (Å²) in [5, 5.41) is 14.5. The van der Waals surface area contributed by atoms with E-state index in [0.29, 0.717) is 5.92 Å². The van der Waals surface area contributed by atoms with Crippen LogP contribution in [0.4, 0.5) is 5.69 Å². The molecule has 4 heteroatoms. The Bertz CT molecular complexity index is 599. The predicted molar refractivity (Wildman–Crippen MR) is 84.4 cm³/mol. The smallest absolute Gasteiger partial charge is 0.274 e. The zero-order valence-electron chi connectivity index (χ0n) is 12.3. The molecular formula is C17H20N2O2. The van der Waals surface area contributed by atoms with Crippen molar-refractivity contribution in [1.29, 1.82) is 0 Å². The zero-order chi connectivity index (χ0) is 15.2.